The maximum absolute atomic E-state index is 11.9. The molecular formula is C14H22N4O2. The summed E-state index contributed by atoms with van der Waals surface area (Å²) < 4.78 is 5.27. The summed E-state index contributed by atoms with van der Waals surface area (Å²) in [5, 5.41) is 9.46. The van der Waals surface area contributed by atoms with Crippen molar-refractivity contribution in [1.82, 2.24) is 15.6 Å². The smallest absolute Gasteiger partial charge is 0.412 e. The van der Waals surface area contributed by atoms with Gasteiger partial charge in [0.2, 0.25) is 0 Å². The first-order chi connectivity index (χ1) is 9.46. The number of rotatable bonds is 2. The molecule has 0 bridgehead atoms. The lowest BCUT2D eigenvalue weighted by molar-refractivity contribution is 0.0635. The molecule has 2 heterocycles. The van der Waals surface area contributed by atoms with Gasteiger partial charge >= 0.3 is 6.09 Å². The molecule has 0 radical (unpaired) electrons. The molecule has 2 rings (SSSR count). The molecule has 0 aromatic carbocycles. The number of ether oxygens (including phenoxy) is 1. The van der Waals surface area contributed by atoms with E-state index >= 15 is 0 Å². The summed E-state index contributed by atoms with van der Waals surface area (Å²) in [6.45, 7) is 8.13. The zero-order valence-corrected chi connectivity index (χ0v) is 12.2. The Hall–Kier alpha value is -1.66. The fourth-order valence-corrected chi connectivity index (χ4v) is 2.06. The van der Waals surface area contributed by atoms with Gasteiger partial charge in [-0.25, -0.2) is 4.79 Å². The van der Waals surface area contributed by atoms with Gasteiger partial charge in [-0.15, -0.1) is 0 Å². The van der Waals surface area contributed by atoms with Crippen molar-refractivity contribution in [3.63, 3.8) is 0 Å². The summed E-state index contributed by atoms with van der Waals surface area (Å²) in [5.74, 6) is 0. The van der Waals surface area contributed by atoms with E-state index in [1.165, 1.54) is 0 Å². The van der Waals surface area contributed by atoms with E-state index < -0.39 is 11.7 Å². The molecule has 0 unspecified atom stereocenters. The van der Waals surface area contributed by atoms with Crippen LogP contribution in [0, 0.1) is 0 Å². The van der Waals surface area contributed by atoms with Gasteiger partial charge in [0, 0.05) is 25.8 Å². The van der Waals surface area contributed by atoms with E-state index in [-0.39, 0.29) is 6.04 Å². The predicted molar refractivity (Wildman–Crippen MR) is 77.7 cm³/mol. The van der Waals surface area contributed by atoms with Crippen LogP contribution in [0.4, 0.5) is 10.5 Å². The van der Waals surface area contributed by atoms with Crippen molar-refractivity contribution < 1.29 is 9.53 Å². The van der Waals surface area contributed by atoms with E-state index in [1.807, 2.05) is 26.8 Å². The molecule has 110 valence electrons. The van der Waals surface area contributed by atoms with Crippen LogP contribution in [-0.4, -0.2) is 36.3 Å². The van der Waals surface area contributed by atoms with E-state index in [4.69, 9.17) is 4.74 Å². The van der Waals surface area contributed by atoms with Gasteiger partial charge in [-0.1, -0.05) is 0 Å². The summed E-state index contributed by atoms with van der Waals surface area (Å²) >= 11 is 0. The molecule has 1 aliphatic heterocycles. The second-order valence-electron chi connectivity index (χ2n) is 5.77. The number of nitrogens with zero attached hydrogens (tertiary/aromatic N) is 1. The van der Waals surface area contributed by atoms with Gasteiger partial charge in [0.05, 0.1) is 17.4 Å². The number of amides is 1. The summed E-state index contributed by atoms with van der Waals surface area (Å²) in [5.41, 5.74) is 0.991. The standard InChI is InChI=1S/C14H22N4O2/c1-14(2,3)20-13(19)18-10-5-4-6-17-12(10)11-9-15-7-8-16-11/h4-6,11,15-16H,7-9H2,1-3H3,(H,18,19)/t11-/m0/s1. The highest BCUT2D eigenvalue weighted by molar-refractivity contribution is 5.85. The van der Waals surface area contributed by atoms with Crippen molar-refractivity contribution >= 4 is 11.8 Å². The average Bonchev–Trinajstić information content (AvgIpc) is 2.38. The highest BCUT2D eigenvalue weighted by Gasteiger charge is 2.21. The minimum atomic E-state index is -0.517. The molecule has 6 heteroatoms. The van der Waals surface area contributed by atoms with Crippen LogP contribution < -0.4 is 16.0 Å². The number of pyridine rings is 1. The predicted octanol–water partition coefficient (Wildman–Crippen LogP) is 1.66. The zero-order valence-electron chi connectivity index (χ0n) is 12.2. The molecule has 0 saturated carbocycles. The molecule has 1 aliphatic rings. The Labute approximate surface area is 119 Å². The lowest BCUT2D eigenvalue weighted by atomic mass is 10.1. The number of hydrogen-bond donors (Lipinski definition) is 3. The Balaban J connectivity index is 2.09. The summed E-state index contributed by atoms with van der Waals surface area (Å²) in [6, 6.07) is 3.73. The number of carbonyl (C=O) groups is 1. The molecule has 0 spiro atoms. The van der Waals surface area contributed by atoms with Crippen molar-refractivity contribution in [2.75, 3.05) is 25.0 Å². The number of carbonyl (C=O) groups excluding carboxylic acids is 1. The van der Waals surface area contributed by atoms with Crippen LogP contribution in [0.15, 0.2) is 18.3 Å². The lowest BCUT2D eigenvalue weighted by Gasteiger charge is -2.26. The monoisotopic (exact) mass is 278 g/mol. The molecule has 0 aliphatic carbocycles. The maximum atomic E-state index is 11.9. The first-order valence-corrected chi connectivity index (χ1v) is 6.85. The average molecular weight is 278 g/mol. The molecule has 1 aromatic rings. The molecule has 1 amide bonds. The topological polar surface area (TPSA) is 75.3 Å². The Kier molecular flexibility index (Phi) is 4.57. The van der Waals surface area contributed by atoms with Crippen LogP contribution in [0.3, 0.4) is 0 Å². The maximum Gasteiger partial charge on any atom is 0.412 e. The molecule has 3 N–H and O–H groups in total. The highest BCUT2D eigenvalue weighted by atomic mass is 16.6. The van der Waals surface area contributed by atoms with Crippen molar-refractivity contribution in [2.45, 2.75) is 32.4 Å². The van der Waals surface area contributed by atoms with Gasteiger partial charge < -0.3 is 15.4 Å². The van der Waals surface area contributed by atoms with Crippen LogP contribution in [0.2, 0.25) is 0 Å². The second kappa shape index (κ2) is 6.19. The van der Waals surface area contributed by atoms with E-state index in [2.05, 4.69) is 20.9 Å². The van der Waals surface area contributed by atoms with Crippen molar-refractivity contribution in [2.24, 2.45) is 0 Å². The fourth-order valence-electron chi connectivity index (χ4n) is 2.06. The Morgan fingerprint density at radius 2 is 2.25 bits per heavy atom. The Bertz CT molecular complexity index is 464. The SMILES string of the molecule is CC(C)(C)OC(=O)Nc1cccnc1[C@@H]1CNCCN1. The molecule has 1 atom stereocenters. The number of anilines is 1. The minimum Gasteiger partial charge on any atom is -0.444 e. The first-order valence-electron chi connectivity index (χ1n) is 6.85. The van der Waals surface area contributed by atoms with Crippen LogP contribution in [0.5, 0.6) is 0 Å². The van der Waals surface area contributed by atoms with E-state index in [0.29, 0.717) is 5.69 Å². The Morgan fingerprint density at radius 3 is 2.90 bits per heavy atom. The number of hydrogen-bond acceptors (Lipinski definition) is 5. The summed E-state index contributed by atoms with van der Waals surface area (Å²) in [4.78, 5) is 16.2. The van der Waals surface area contributed by atoms with Gasteiger partial charge in [-0.3, -0.25) is 10.3 Å². The van der Waals surface area contributed by atoms with Gasteiger partial charge in [0.25, 0.3) is 0 Å². The van der Waals surface area contributed by atoms with Gasteiger partial charge in [-0.05, 0) is 32.9 Å². The Morgan fingerprint density at radius 1 is 1.45 bits per heavy atom. The molecule has 1 aromatic heterocycles. The van der Waals surface area contributed by atoms with E-state index in [9.17, 15) is 4.79 Å². The fraction of sp³-hybridized carbons (Fsp3) is 0.571. The van der Waals surface area contributed by atoms with Gasteiger partial charge in [0.15, 0.2) is 0 Å². The first kappa shape index (κ1) is 14.7. The largest absolute Gasteiger partial charge is 0.444 e. The van der Waals surface area contributed by atoms with Crippen LogP contribution in [0.1, 0.15) is 32.5 Å². The van der Waals surface area contributed by atoms with Crippen molar-refractivity contribution in [1.29, 1.82) is 0 Å². The van der Waals surface area contributed by atoms with Gasteiger partial charge in [-0.2, -0.15) is 0 Å². The highest BCUT2D eigenvalue weighted by Crippen LogP contribution is 2.21. The number of aromatic nitrogens is 1. The number of piperazine rings is 1. The lowest BCUT2D eigenvalue weighted by Crippen LogP contribution is -2.43. The third-order valence-electron chi connectivity index (χ3n) is 2.85. The third-order valence-corrected chi connectivity index (χ3v) is 2.85. The van der Waals surface area contributed by atoms with Crippen molar-refractivity contribution in [3.8, 4) is 0 Å². The number of nitrogens with one attached hydrogen (secondary N) is 3. The normalized spacial score (nSPS) is 19.4. The van der Waals surface area contributed by atoms with Crippen LogP contribution in [-0.2, 0) is 4.74 Å². The molecule has 20 heavy (non-hydrogen) atoms. The third kappa shape index (κ3) is 4.18. The van der Waals surface area contributed by atoms with E-state index in [0.717, 1.165) is 25.3 Å². The quantitative estimate of drug-likeness (QED) is 0.767. The molecule has 6 nitrogen and oxygen atoms in total. The summed E-state index contributed by atoms with van der Waals surface area (Å²) in [6.07, 6.45) is 1.27. The van der Waals surface area contributed by atoms with Crippen LogP contribution in [0.25, 0.3) is 0 Å². The molecule has 1 fully saturated rings. The van der Waals surface area contributed by atoms with Crippen molar-refractivity contribution in [3.05, 3.63) is 24.0 Å². The van der Waals surface area contributed by atoms with Gasteiger partial charge in [0.1, 0.15) is 5.60 Å². The zero-order chi connectivity index (χ0) is 14.6. The van der Waals surface area contributed by atoms with Crippen LogP contribution >= 0.6 is 0 Å². The molecular weight excluding hydrogens is 256 g/mol. The second-order valence-corrected chi connectivity index (χ2v) is 5.77. The molecule has 1 saturated heterocycles. The minimum absolute atomic E-state index is 0.0925. The van der Waals surface area contributed by atoms with E-state index in [1.54, 1.807) is 12.3 Å². The summed E-state index contributed by atoms with van der Waals surface area (Å²) in [7, 11) is 0.